The van der Waals surface area contributed by atoms with Crippen molar-refractivity contribution in [3.8, 4) is 0 Å². The van der Waals surface area contributed by atoms with E-state index in [9.17, 15) is 14.4 Å². The van der Waals surface area contributed by atoms with Crippen molar-refractivity contribution in [1.29, 1.82) is 0 Å². The van der Waals surface area contributed by atoms with Crippen LogP contribution in [0.1, 0.15) is 39.5 Å². The van der Waals surface area contributed by atoms with Crippen LogP contribution in [0.25, 0.3) is 6.08 Å². The summed E-state index contributed by atoms with van der Waals surface area (Å²) >= 11 is 0. The number of carbonyl (C=O) groups excluding carboxylic acids is 2. The van der Waals surface area contributed by atoms with Crippen LogP contribution >= 0.6 is 0 Å². The summed E-state index contributed by atoms with van der Waals surface area (Å²) < 4.78 is 1.91. The van der Waals surface area contributed by atoms with E-state index in [2.05, 4.69) is 10.2 Å². The Hall–Kier alpha value is -4.91. The summed E-state index contributed by atoms with van der Waals surface area (Å²) in [6, 6.07) is 30.6. The SMILES string of the molecule is CN(Cc1ccccc1)C(=O)c1ccc(N2C[C@H]3C[C@@H](C2)c2cccc(=O)n2C3)c(NC(=O)/C=C/c2ccccc2)c1. The van der Waals surface area contributed by atoms with Crippen LogP contribution in [0.2, 0.25) is 0 Å². The fourth-order valence-electron chi connectivity index (χ4n) is 6.20. The Bertz CT molecular complexity index is 1680. The molecule has 3 heterocycles. The number of carbonyl (C=O) groups is 2. The van der Waals surface area contributed by atoms with Crippen LogP contribution < -0.4 is 15.8 Å². The highest BCUT2D eigenvalue weighted by Crippen LogP contribution is 2.39. The summed E-state index contributed by atoms with van der Waals surface area (Å²) in [6.07, 6.45) is 4.32. The summed E-state index contributed by atoms with van der Waals surface area (Å²) in [7, 11) is 1.79. The number of fused-ring (bicyclic) bond motifs is 4. The third kappa shape index (κ3) is 5.91. The van der Waals surface area contributed by atoms with Crippen molar-refractivity contribution >= 4 is 29.3 Å². The summed E-state index contributed by atoms with van der Waals surface area (Å²) in [4.78, 5) is 43.1. The minimum absolute atomic E-state index is 0.0521. The molecule has 1 N–H and O–H groups in total. The number of hydrogen-bond acceptors (Lipinski definition) is 4. The number of anilines is 2. The van der Waals surface area contributed by atoms with E-state index in [0.717, 1.165) is 42.0 Å². The van der Waals surface area contributed by atoms with Crippen molar-refractivity contribution in [2.75, 3.05) is 30.4 Å². The molecule has 1 aromatic heterocycles. The minimum Gasteiger partial charge on any atom is -0.369 e. The Morgan fingerprint density at radius 1 is 0.905 bits per heavy atom. The van der Waals surface area contributed by atoms with Gasteiger partial charge in [0.2, 0.25) is 5.91 Å². The highest BCUT2D eigenvalue weighted by atomic mass is 16.2. The molecule has 2 aliphatic heterocycles. The molecule has 6 rings (SSSR count). The molecule has 2 aliphatic rings. The first-order chi connectivity index (χ1) is 20.4. The summed E-state index contributed by atoms with van der Waals surface area (Å²) in [6.45, 7) is 2.66. The van der Waals surface area contributed by atoms with Crippen molar-refractivity contribution in [2.45, 2.75) is 25.4 Å². The second-order valence-electron chi connectivity index (χ2n) is 11.2. The molecule has 212 valence electrons. The second-order valence-corrected chi connectivity index (χ2v) is 11.2. The van der Waals surface area contributed by atoms with E-state index in [1.807, 2.05) is 89.5 Å². The summed E-state index contributed by atoms with van der Waals surface area (Å²) in [5.74, 6) is 0.142. The van der Waals surface area contributed by atoms with Gasteiger partial charge in [-0.1, -0.05) is 66.7 Å². The van der Waals surface area contributed by atoms with Gasteiger partial charge in [0, 0.05) is 62.5 Å². The van der Waals surface area contributed by atoms with E-state index < -0.39 is 0 Å². The van der Waals surface area contributed by atoms with Crippen molar-refractivity contribution in [3.05, 3.63) is 136 Å². The zero-order chi connectivity index (χ0) is 29.1. The van der Waals surface area contributed by atoms with Gasteiger partial charge in [-0.05, 0) is 53.8 Å². The van der Waals surface area contributed by atoms with Crippen LogP contribution in [0, 0.1) is 5.92 Å². The molecule has 2 atom stereocenters. The molecular formula is C35H34N4O3. The minimum atomic E-state index is -0.267. The molecule has 7 nitrogen and oxygen atoms in total. The van der Waals surface area contributed by atoms with Crippen molar-refractivity contribution in [3.63, 3.8) is 0 Å². The molecule has 4 aromatic rings. The lowest BCUT2D eigenvalue weighted by molar-refractivity contribution is -0.111. The average molecular weight is 559 g/mol. The first kappa shape index (κ1) is 27.3. The van der Waals surface area contributed by atoms with Gasteiger partial charge in [0.25, 0.3) is 11.5 Å². The molecule has 0 saturated carbocycles. The van der Waals surface area contributed by atoms with Crippen molar-refractivity contribution in [2.24, 2.45) is 5.92 Å². The predicted octanol–water partition coefficient (Wildman–Crippen LogP) is 5.40. The van der Waals surface area contributed by atoms with Gasteiger partial charge in [0.15, 0.2) is 0 Å². The lowest BCUT2D eigenvalue weighted by Crippen LogP contribution is -2.47. The Labute approximate surface area is 245 Å². The molecule has 0 radical (unpaired) electrons. The Morgan fingerprint density at radius 2 is 1.67 bits per heavy atom. The van der Waals surface area contributed by atoms with Crippen LogP contribution in [-0.2, 0) is 17.9 Å². The fourth-order valence-corrected chi connectivity index (χ4v) is 6.20. The van der Waals surface area contributed by atoms with Gasteiger partial charge in [0.1, 0.15) is 0 Å². The van der Waals surface area contributed by atoms with Crippen LogP contribution in [0.5, 0.6) is 0 Å². The molecule has 2 bridgehead atoms. The molecule has 1 saturated heterocycles. The largest absolute Gasteiger partial charge is 0.369 e. The zero-order valence-corrected chi connectivity index (χ0v) is 23.6. The van der Waals surface area contributed by atoms with Crippen molar-refractivity contribution in [1.82, 2.24) is 9.47 Å². The van der Waals surface area contributed by atoms with E-state index >= 15 is 0 Å². The lowest BCUT2D eigenvalue weighted by Gasteiger charge is -2.44. The van der Waals surface area contributed by atoms with E-state index in [1.54, 1.807) is 30.2 Å². The third-order valence-electron chi connectivity index (χ3n) is 8.16. The van der Waals surface area contributed by atoms with Gasteiger partial charge in [-0.3, -0.25) is 14.4 Å². The van der Waals surface area contributed by atoms with Crippen LogP contribution in [0.3, 0.4) is 0 Å². The molecule has 1 fully saturated rings. The topological polar surface area (TPSA) is 74.7 Å². The number of benzene rings is 3. The number of pyridine rings is 1. The predicted molar refractivity (Wildman–Crippen MR) is 167 cm³/mol. The highest BCUT2D eigenvalue weighted by molar-refractivity contribution is 6.05. The van der Waals surface area contributed by atoms with Gasteiger partial charge < -0.3 is 19.7 Å². The Balaban J connectivity index is 1.29. The maximum atomic E-state index is 13.5. The number of amides is 2. The van der Waals surface area contributed by atoms with Gasteiger partial charge in [-0.25, -0.2) is 0 Å². The average Bonchev–Trinajstić information content (AvgIpc) is 3.01. The Kier molecular flexibility index (Phi) is 7.73. The standard InChI is InChI=1S/C35H34N4O3/c1-37(21-26-11-6-3-7-12-26)35(42)28-16-17-32(30(20-28)36-33(40)18-15-25-9-4-2-5-10-25)38-22-27-19-29(24-38)31-13-8-14-34(41)39(31)23-27/h2-18,20,27,29H,19,21-24H2,1H3,(H,36,40)/b18-15+/t27-,29+/m1/s1. The highest BCUT2D eigenvalue weighted by Gasteiger charge is 2.35. The molecule has 2 amide bonds. The van der Waals surface area contributed by atoms with Gasteiger partial charge in [-0.15, -0.1) is 0 Å². The van der Waals surface area contributed by atoms with E-state index in [4.69, 9.17) is 0 Å². The van der Waals surface area contributed by atoms with E-state index in [-0.39, 0.29) is 23.3 Å². The molecular weight excluding hydrogens is 524 g/mol. The lowest BCUT2D eigenvalue weighted by atomic mass is 9.83. The maximum absolute atomic E-state index is 13.5. The van der Waals surface area contributed by atoms with E-state index in [1.165, 1.54) is 6.08 Å². The zero-order valence-electron chi connectivity index (χ0n) is 23.6. The quantitative estimate of drug-likeness (QED) is 0.309. The molecule has 0 unspecified atom stereocenters. The monoisotopic (exact) mass is 558 g/mol. The van der Waals surface area contributed by atoms with Crippen molar-refractivity contribution < 1.29 is 9.59 Å². The number of nitrogens with one attached hydrogen (secondary N) is 1. The fraction of sp³-hybridized carbons (Fsp3) is 0.229. The van der Waals surface area contributed by atoms with Gasteiger partial charge in [-0.2, -0.15) is 0 Å². The van der Waals surface area contributed by atoms with E-state index in [0.29, 0.717) is 30.3 Å². The summed E-state index contributed by atoms with van der Waals surface area (Å²) in [5.41, 5.74) is 5.07. The molecule has 0 spiro atoms. The first-order valence-corrected chi connectivity index (χ1v) is 14.4. The number of aromatic nitrogens is 1. The third-order valence-corrected chi connectivity index (χ3v) is 8.16. The maximum Gasteiger partial charge on any atom is 0.253 e. The molecule has 42 heavy (non-hydrogen) atoms. The molecule has 7 heteroatoms. The molecule has 3 aromatic carbocycles. The summed E-state index contributed by atoms with van der Waals surface area (Å²) in [5, 5.41) is 3.06. The van der Waals surface area contributed by atoms with Crippen LogP contribution in [0.15, 0.2) is 108 Å². The van der Waals surface area contributed by atoms with Crippen LogP contribution in [0.4, 0.5) is 11.4 Å². The number of piperidine rings is 1. The number of nitrogens with zero attached hydrogens (tertiary/aromatic N) is 3. The normalized spacial score (nSPS) is 17.5. The number of hydrogen-bond donors (Lipinski definition) is 1. The second kappa shape index (κ2) is 11.9. The van der Waals surface area contributed by atoms with Gasteiger partial charge >= 0.3 is 0 Å². The Morgan fingerprint density at radius 3 is 2.45 bits per heavy atom. The molecule has 0 aliphatic carbocycles. The van der Waals surface area contributed by atoms with Gasteiger partial charge in [0.05, 0.1) is 11.4 Å². The first-order valence-electron chi connectivity index (χ1n) is 14.4. The van der Waals surface area contributed by atoms with Crippen LogP contribution in [-0.4, -0.2) is 41.4 Å². The number of rotatable bonds is 7. The smallest absolute Gasteiger partial charge is 0.253 e.